The molecule has 2 rings (SSSR count). The van der Waals surface area contributed by atoms with Crippen LogP contribution in [0.3, 0.4) is 0 Å². The molecule has 0 atom stereocenters. The van der Waals surface area contributed by atoms with Crippen LogP contribution in [0.25, 0.3) is 0 Å². The van der Waals surface area contributed by atoms with Gasteiger partial charge in [-0.25, -0.2) is 0 Å². The van der Waals surface area contributed by atoms with E-state index >= 15 is 0 Å². The van der Waals surface area contributed by atoms with Gasteiger partial charge in [0.1, 0.15) is 0 Å². The van der Waals surface area contributed by atoms with Crippen molar-refractivity contribution in [1.82, 2.24) is 9.55 Å². The molecule has 1 heterocycles. The average molecular weight is 288 g/mol. The molecule has 0 saturated carbocycles. The first kappa shape index (κ1) is 13.8. The average Bonchev–Trinajstić information content (AvgIpc) is 2.70. The summed E-state index contributed by atoms with van der Waals surface area (Å²) in [6.07, 6.45) is -2.76. The molecule has 0 aliphatic heterocycles. The van der Waals surface area contributed by atoms with Crippen LogP contribution in [0.2, 0.25) is 0 Å². The highest BCUT2D eigenvalue weighted by Gasteiger charge is 2.29. The van der Waals surface area contributed by atoms with Crippen molar-refractivity contribution in [2.75, 3.05) is 0 Å². The Balaban J connectivity index is 2.25. The normalized spacial score (nSPS) is 11.8. The molecule has 0 spiro atoms. The number of imidazole rings is 1. The largest absolute Gasteiger partial charge is 0.416 e. The number of hydrogen-bond acceptors (Lipinski definition) is 2. The van der Waals surface area contributed by atoms with E-state index in [1.54, 1.807) is 10.8 Å². The fraction of sp³-hybridized carbons (Fsp3) is 0.250. The van der Waals surface area contributed by atoms with E-state index in [2.05, 4.69) is 4.98 Å². The minimum atomic E-state index is -4.33. The van der Waals surface area contributed by atoms with Gasteiger partial charge in [0.25, 0.3) is 0 Å². The lowest BCUT2D eigenvalue weighted by molar-refractivity contribution is -0.137. The molecule has 102 valence electrons. The van der Waals surface area contributed by atoms with Crippen LogP contribution in [0.5, 0.6) is 0 Å². The number of aromatic amines is 1. The van der Waals surface area contributed by atoms with Crippen molar-refractivity contribution in [2.45, 2.75) is 19.3 Å². The number of aromatic nitrogens is 2. The van der Waals surface area contributed by atoms with Gasteiger partial charge in [-0.2, -0.15) is 13.2 Å². The summed E-state index contributed by atoms with van der Waals surface area (Å²) in [4.78, 5) is 2.78. The minimum absolute atomic E-state index is 0.187. The van der Waals surface area contributed by atoms with E-state index in [-0.39, 0.29) is 6.61 Å². The van der Waals surface area contributed by atoms with Gasteiger partial charge in [-0.15, -0.1) is 0 Å². The fourth-order valence-corrected chi connectivity index (χ4v) is 1.96. The Morgan fingerprint density at radius 1 is 1.21 bits per heavy atom. The fourth-order valence-electron chi connectivity index (χ4n) is 1.72. The summed E-state index contributed by atoms with van der Waals surface area (Å²) in [6, 6.07) is 4.87. The number of hydrogen-bond donors (Lipinski definition) is 2. The maximum atomic E-state index is 12.4. The summed E-state index contributed by atoms with van der Waals surface area (Å²) in [6.45, 7) is 0.129. The summed E-state index contributed by atoms with van der Waals surface area (Å²) in [7, 11) is 0. The van der Waals surface area contributed by atoms with Crippen LogP contribution in [0.15, 0.2) is 30.5 Å². The first-order chi connectivity index (χ1) is 8.91. The van der Waals surface area contributed by atoms with Crippen molar-refractivity contribution in [3.63, 3.8) is 0 Å². The molecule has 19 heavy (non-hydrogen) atoms. The van der Waals surface area contributed by atoms with Gasteiger partial charge in [-0.05, 0) is 29.9 Å². The quantitative estimate of drug-likeness (QED) is 0.852. The Labute approximate surface area is 112 Å². The molecule has 0 aliphatic rings. The van der Waals surface area contributed by atoms with E-state index < -0.39 is 11.7 Å². The second-order valence-electron chi connectivity index (χ2n) is 4.02. The van der Waals surface area contributed by atoms with Crippen LogP contribution in [-0.2, 0) is 19.3 Å². The van der Waals surface area contributed by atoms with Crippen LogP contribution in [-0.4, -0.2) is 14.7 Å². The highest BCUT2D eigenvalue weighted by molar-refractivity contribution is 7.71. The zero-order chi connectivity index (χ0) is 14.0. The maximum Gasteiger partial charge on any atom is 0.416 e. The number of alkyl halides is 3. The van der Waals surface area contributed by atoms with Crippen LogP contribution in [0.1, 0.15) is 16.8 Å². The lowest BCUT2D eigenvalue weighted by Crippen LogP contribution is -2.07. The maximum absolute atomic E-state index is 12.4. The minimum Gasteiger partial charge on any atom is -0.390 e. The number of aliphatic hydroxyl groups excluding tert-OH is 1. The molecule has 2 aromatic rings. The lowest BCUT2D eigenvalue weighted by Gasteiger charge is -2.09. The van der Waals surface area contributed by atoms with E-state index in [1.165, 1.54) is 12.1 Å². The Bertz CT molecular complexity index is 613. The highest BCUT2D eigenvalue weighted by Crippen LogP contribution is 2.29. The molecule has 0 radical (unpaired) electrons. The summed E-state index contributed by atoms with van der Waals surface area (Å²) < 4.78 is 39.3. The summed E-state index contributed by atoms with van der Waals surface area (Å²) in [5, 5.41) is 9.12. The number of halogens is 3. The molecule has 2 N–H and O–H groups in total. The highest BCUT2D eigenvalue weighted by atomic mass is 32.1. The third-order valence-electron chi connectivity index (χ3n) is 2.74. The predicted octanol–water partition coefficient (Wildman–Crippen LogP) is 3.11. The molecule has 0 unspecified atom stereocenters. The number of nitrogens with one attached hydrogen (secondary N) is 1. The predicted molar refractivity (Wildman–Crippen MR) is 66.1 cm³/mol. The molecule has 3 nitrogen and oxygen atoms in total. The molecule has 0 saturated heterocycles. The molecule has 0 bridgehead atoms. The van der Waals surface area contributed by atoms with E-state index in [1.807, 2.05) is 0 Å². The van der Waals surface area contributed by atoms with Gasteiger partial charge in [0.05, 0.1) is 24.4 Å². The van der Waals surface area contributed by atoms with Gasteiger partial charge in [0.15, 0.2) is 4.77 Å². The smallest absolute Gasteiger partial charge is 0.390 e. The van der Waals surface area contributed by atoms with Crippen molar-refractivity contribution < 1.29 is 18.3 Å². The number of H-pyrrole nitrogens is 1. The van der Waals surface area contributed by atoms with Gasteiger partial charge < -0.3 is 14.7 Å². The lowest BCUT2D eigenvalue weighted by atomic mass is 10.1. The van der Waals surface area contributed by atoms with Crippen molar-refractivity contribution in [3.8, 4) is 0 Å². The zero-order valence-corrected chi connectivity index (χ0v) is 10.6. The van der Waals surface area contributed by atoms with E-state index in [0.717, 1.165) is 12.1 Å². The van der Waals surface area contributed by atoms with E-state index in [4.69, 9.17) is 17.3 Å². The topological polar surface area (TPSA) is 40.9 Å². The molecule has 1 aromatic carbocycles. The van der Waals surface area contributed by atoms with E-state index in [9.17, 15) is 13.2 Å². The Kier molecular flexibility index (Phi) is 3.77. The Morgan fingerprint density at radius 2 is 1.84 bits per heavy atom. The summed E-state index contributed by atoms with van der Waals surface area (Å²) in [5.74, 6) is 0. The van der Waals surface area contributed by atoms with Crippen molar-refractivity contribution >= 4 is 12.2 Å². The third-order valence-corrected chi connectivity index (χ3v) is 3.08. The first-order valence-corrected chi connectivity index (χ1v) is 5.86. The second-order valence-corrected chi connectivity index (χ2v) is 4.41. The Hall–Kier alpha value is -1.60. The number of rotatable bonds is 3. The Morgan fingerprint density at radius 3 is 2.37 bits per heavy atom. The molecule has 0 amide bonds. The van der Waals surface area contributed by atoms with Gasteiger partial charge in [-0.1, -0.05) is 12.1 Å². The summed E-state index contributed by atoms with van der Waals surface area (Å²) >= 11 is 5.04. The molecule has 7 heteroatoms. The van der Waals surface area contributed by atoms with Gasteiger partial charge in [0.2, 0.25) is 0 Å². The first-order valence-electron chi connectivity index (χ1n) is 5.46. The molecule has 1 aromatic heterocycles. The summed E-state index contributed by atoms with van der Waals surface area (Å²) in [5.41, 5.74) is 0.583. The van der Waals surface area contributed by atoms with Gasteiger partial charge in [-0.3, -0.25) is 0 Å². The van der Waals surface area contributed by atoms with Crippen molar-refractivity contribution in [3.05, 3.63) is 52.1 Å². The second kappa shape index (κ2) is 5.18. The van der Waals surface area contributed by atoms with E-state index in [0.29, 0.717) is 22.6 Å². The SMILES string of the molecule is OCc1c[nH]c(=S)n1Cc1ccc(C(F)(F)F)cc1. The van der Waals surface area contributed by atoms with Gasteiger partial charge in [0, 0.05) is 6.20 Å². The van der Waals surface area contributed by atoms with Crippen molar-refractivity contribution in [1.29, 1.82) is 0 Å². The van der Waals surface area contributed by atoms with Crippen LogP contribution >= 0.6 is 12.2 Å². The number of benzene rings is 1. The molecular weight excluding hydrogens is 277 g/mol. The third kappa shape index (κ3) is 3.05. The standard InChI is InChI=1S/C12H11F3N2OS/c13-12(14,15)9-3-1-8(2-4-9)6-17-10(7-18)5-16-11(17)19/h1-5,18H,6-7H2,(H,16,19). The van der Waals surface area contributed by atoms with Crippen molar-refractivity contribution in [2.24, 2.45) is 0 Å². The van der Waals surface area contributed by atoms with Crippen LogP contribution in [0, 0.1) is 4.77 Å². The molecular formula is C12H11F3N2OS. The molecule has 0 aliphatic carbocycles. The van der Waals surface area contributed by atoms with Crippen LogP contribution < -0.4 is 0 Å². The molecule has 0 fully saturated rings. The number of nitrogens with zero attached hydrogens (tertiary/aromatic N) is 1. The number of aliphatic hydroxyl groups is 1. The monoisotopic (exact) mass is 288 g/mol. The van der Waals surface area contributed by atoms with Crippen LogP contribution in [0.4, 0.5) is 13.2 Å². The zero-order valence-electron chi connectivity index (χ0n) is 9.74. The van der Waals surface area contributed by atoms with Gasteiger partial charge >= 0.3 is 6.18 Å².